The predicted octanol–water partition coefficient (Wildman–Crippen LogP) is 3.02. The van der Waals surface area contributed by atoms with Crippen LogP contribution in [0.4, 0.5) is 0 Å². The molecule has 2 rings (SSSR count). The minimum absolute atomic E-state index is 0.491. The average Bonchev–Trinajstić information content (AvgIpc) is 2.08. The second-order valence-corrected chi connectivity index (χ2v) is 4.13. The standard InChI is InChI=1S/C10H10Cl2O2/c11-8-1-2-9(12)10(3-8)14-6-7-4-13-5-7/h1-3,7H,4-6H2. The van der Waals surface area contributed by atoms with Crippen LogP contribution in [0.3, 0.4) is 0 Å². The van der Waals surface area contributed by atoms with Crippen LogP contribution in [0, 0.1) is 5.92 Å². The summed E-state index contributed by atoms with van der Waals surface area (Å²) >= 11 is 11.7. The van der Waals surface area contributed by atoms with Crippen LogP contribution in [-0.2, 0) is 4.74 Å². The number of halogens is 2. The minimum atomic E-state index is 0.491. The first-order valence-electron chi connectivity index (χ1n) is 4.41. The molecule has 0 atom stereocenters. The molecule has 1 aliphatic rings. The SMILES string of the molecule is Clc1ccc(Cl)c(OCC2COC2)c1. The Balaban J connectivity index is 1.96. The maximum atomic E-state index is 5.93. The van der Waals surface area contributed by atoms with Crippen LogP contribution in [0.25, 0.3) is 0 Å². The van der Waals surface area contributed by atoms with Crippen LogP contribution in [-0.4, -0.2) is 19.8 Å². The van der Waals surface area contributed by atoms with Crippen molar-refractivity contribution in [3.63, 3.8) is 0 Å². The highest BCUT2D eigenvalue weighted by molar-refractivity contribution is 6.34. The monoisotopic (exact) mass is 232 g/mol. The molecule has 4 heteroatoms. The van der Waals surface area contributed by atoms with Crippen molar-refractivity contribution in [3.8, 4) is 5.75 Å². The second kappa shape index (κ2) is 4.39. The first-order chi connectivity index (χ1) is 6.75. The molecule has 0 radical (unpaired) electrons. The van der Waals surface area contributed by atoms with Crippen molar-refractivity contribution >= 4 is 23.2 Å². The Morgan fingerprint density at radius 1 is 1.36 bits per heavy atom. The molecule has 0 amide bonds. The summed E-state index contributed by atoms with van der Waals surface area (Å²) in [7, 11) is 0. The van der Waals surface area contributed by atoms with Gasteiger partial charge in [-0.25, -0.2) is 0 Å². The summed E-state index contributed by atoms with van der Waals surface area (Å²) in [6.45, 7) is 2.19. The zero-order valence-electron chi connectivity index (χ0n) is 7.50. The van der Waals surface area contributed by atoms with Gasteiger partial charge in [0.2, 0.25) is 0 Å². The van der Waals surface area contributed by atoms with E-state index in [1.165, 1.54) is 0 Å². The van der Waals surface area contributed by atoms with Crippen molar-refractivity contribution in [2.45, 2.75) is 0 Å². The lowest BCUT2D eigenvalue weighted by atomic mass is 10.1. The van der Waals surface area contributed by atoms with Gasteiger partial charge in [-0.1, -0.05) is 23.2 Å². The van der Waals surface area contributed by atoms with E-state index in [9.17, 15) is 0 Å². The number of rotatable bonds is 3. The molecule has 0 N–H and O–H groups in total. The Labute approximate surface area is 92.7 Å². The van der Waals surface area contributed by atoms with E-state index in [4.69, 9.17) is 32.7 Å². The Morgan fingerprint density at radius 3 is 2.79 bits per heavy atom. The molecule has 1 heterocycles. The number of hydrogen-bond donors (Lipinski definition) is 0. The van der Waals surface area contributed by atoms with Crippen molar-refractivity contribution in [2.24, 2.45) is 5.92 Å². The number of ether oxygens (including phenoxy) is 2. The number of benzene rings is 1. The highest BCUT2D eigenvalue weighted by atomic mass is 35.5. The molecule has 76 valence electrons. The average molecular weight is 233 g/mol. The third-order valence-corrected chi connectivity index (χ3v) is 2.62. The smallest absolute Gasteiger partial charge is 0.139 e. The van der Waals surface area contributed by atoms with Crippen LogP contribution in [0.15, 0.2) is 18.2 Å². The lowest BCUT2D eigenvalue weighted by molar-refractivity contribution is -0.0508. The van der Waals surface area contributed by atoms with Crippen LogP contribution < -0.4 is 4.74 Å². The van der Waals surface area contributed by atoms with E-state index in [1.807, 2.05) is 0 Å². The Morgan fingerprint density at radius 2 is 2.14 bits per heavy atom. The molecular formula is C10H10Cl2O2. The van der Waals surface area contributed by atoms with E-state index < -0.39 is 0 Å². The molecule has 1 saturated heterocycles. The first kappa shape index (κ1) is 10.1. The molecule has 0 aromatic heterocycles. The van der Waals surface area contributed by atoms with E-state index in [1.54, 1.807) is 18.2 Å². The van der Waals surface area contributed by atoms with Gasteiger partial charge in [0.05, 0.1) is 24.8 Å². The van der Waals surface area contributed by atoms with Crippen molar-refractivity contribution in [3.05, 3.63) is 28.2 Å². The van der Waals surface area contributed by atoms with Gasteiger partial charge in [0.25, 0.3) is 0 Å². The molecule has 1 fully saturated rings. The maximum Gasteiger partial charge on any atom is 0.139 e. The molecule has 1 aliphatic heterocycles. The summed E-state index contributed by atoms with van der Waals surface area (Å²) in [6.07, 6.45) is 0. The highest BCUT2D eigenvalue weighted by Gasteiger charge is 2.19. The molecule has 1 aromatic carbocycles. The van der Waals surface area contributed by atoms with Gasteiger partial charge >= 0.3 is 0 Å². The minimum Gasteiger partial charge on any atom is -0.492 e. The predicted molar refractivity (Wildman–Crippen MR) is 56.3 cm³/mol. The molecule has 2 nitrogen and oxygen atoms in total. The Kier molecular flexibility index (Phi) is 3.16. The fraction of sp³-hybridized carbons (Fsp3) is 0.400. The summed E-state index contributed by atoms with van der Waals surface area (Å²) in [6, 6.07) is 5.20. The molecule has 0 spiro atoms. The number of hydrogen-bond acceptors (Lipinski definition) is 2. The second-order valence-electron chi connectivity index (χ2n) is 3.29. The molecule has 1 aromatic rings. The van der Waals surface area contributed by atoms with Gasteiger partial charge < -0.3 is 9.47 Å². The van der Waals surface area contributed by atoms with Gasteiger partial charge in [-0.3, -0.25) is 0 Å². The summed E-state index contributed by atoms with van der Waals surface area (Å²) in [5, 5.41) is 1.23. The van der Waals surface area contributed by atoms with Gasteiger partial charge in [-0.15, -0.1) is 0 Å². The summed E-state index contributed by atoms with van der Waals surface area (Å²) in [5.41, 5.74) is 0. The van der Waals surface area contributed by atoms with Gasteiger partial charge in [0, 0.05) is 17.0 Å². The Hall–Kier alpha value is -0.440. The molecular weight excluding hydrogens is 223 g/mol. The van der Waals surface area contributed by atoms with Crippen LogP contribution >= 0.6 is 23.2 Å². The normalized spacial score (nSPS) is 16.4. The van der Waals surface area contributed by atoms with Gasteiger partial charge in [-0.05, 0) is 12.1 Å². The van der Waals surface area contributed by atoms with Crippen molar-refractivity contribution in [2.75, 3.05) is 19.8 Å². The van der Waals surface area contributed by atoms with Gasteiger partial charge in [0.1, 0.15) is 5.75 Å². The Bertz CT molecular complexity index is 324. The zero-order valence-corrected chi connectivity index (χ0v) is 9.02. The molecule has 0 bridgehead atoms. The van der Waals surface area contributed by atoms with Crippen molar-refractivity contribution in [1.82, 2.24) is 0 Å². The highest BCUT2D eigenvalue weighted by Crippen LogP contribution is 2.28. The first-order valence-corrected chi connectivity index (χ1v) is 5.17. The van der Waals surface area contributed by atoms with Crippen LogP contribution in [0.5, 0.6) is 5.75 Å². The van der Waals surface area contributed by atoms with E-state index in [0.717, 1.165) is 13.2 Å². The van der Waals surface area contributed by atoms with Gasteiger partial charge in [-0.2, -0.15) is 0 Å². The summed E-state index contributed by atoms with van der Waals surface area (Å²) < 4.78 is 10.6. The summed E-state index contributed by atoms with van der Waals surface area (Å²) in [5.74, 6) is 1.14. The largest absolute Gasteiger partial charge is 0.492 e. The van der Waals surface area contributed by atoms with Crippen molar-refractivity contribution < 1.29 is 9.47 Å². The maximum absolute atomic E-state index is 5.93. The van der Waals surface area contributed by atoms with E-state index in [-0.39, 0.29) is 0 Å². The van der Waals surface area contributed by atoms with Gasteiger partial charge in [0.15, 0.2) is 0 Å². The fourth-order valence-corrected chi connectivity index (χ4v) is 1.51. The summed E-state index contributed by atoms with van der Waals surface area (Å²) in [4.78, 5) is 0. The molecule has 14 heavy (non-hydrogen) atoms. The fourth-order valence-electron chi connectivity index (χ4n) is 1.18. The third kappa shape index (κ3) is 2.32. The quantitative estimate of drug-likeness (QED) is 0.798. The van der Waals surface area contributed by atoms with E-state index in [2.05, 4.69) is 0 Å². The van der Waals surface area contributed by atoms with Crippen LogP contribution in [0.2, 0.25) is 10.0 Å². The zero-order chi connectivity index (χ0) is 9.97. The molecule has 0 saturated carbocycles. The van der Waals surface area contributed by atoms with Crippen molar-refractivity contribution in [1.29, 1.82) is 0 Å². The lowest BCUT2D eigenvalue weighted by Crippen LogP contribution is -2.32. The topological polar surface area (TPSA) is 18.5 Å². The van der Waals surface area contributed by atoms with E-state index >= 15 is 0 Å². The lowest BCUT2D eigenvalue weighted by Gasteiger charge is -2.25. The third-order valence-electron chi connectivity index (χ3n) is 2.07. The van der Waals surface area contributed by atoms with Crippen LogP contribution in [0.1, 0.15) is 0 Å². The van der Waals surface area contributed by atoms with E-state index in [0.29, 0.717) is 28.3 Å². The molecule has 0 aliphatic carbocycles. The molecule has 0 unspecified atom stereocenters.